The van der Waals surface area contributed by atoms with Crippen LogP contribution >= 0.6 is 22.6 Å². The highest BCUT2D eigenvalue weighted by Crippen LogP contribution is 2.38. The molecule has 0 radical (unpaired) electrons. The molecule has 4 unspecified atom stereocenters. The predicted molar refractivity (Wildman–Crippen MR) is 502 cm³/mol. The predicted octanol–water partition coefficient (Wildman–Crippen LogP) is 18.9. The average molecular weight is 1850 g/mol. The van der Waals surface area contributed by atoms with E-state index >= 15 is 0 Å². The van der Waals surface area contributed by atoms with Gasteiger partial charge in [-0.25, -0.2) is 29.4 Å². The summed E-state index contributed by atoms with van der Waals surface area (Å²) in [7, 11) is -2.75. The molecule has 3 heterocycles. The molecule has 0 bridgehead atoms. The van der Waals surface area contributed by atoms with Gasteiger partial charge in [0.25, 0.3) is 8.32 Å². The second kappa shape index (κ2) is 58.6. The van der Waals surface area contributed by atoms with E-state index in [0.717, 1.165) is 88.4 Å². The molecule has 0 aliphatic carbocycles. The zero-order chi connectivity index (χ0) is 91.3. The van der Waals surface area contributed by atoms with Gasteiger partial charge in [-0.15, -0.1) is 0 Å². The van der Waals surface area contributed by atoms with Crippen LogP contribution < -0.4 is 16.1 Å². The number of ether oxygens (including phenoxy) is 9. The van der Waals surface area contributed by atoms with Crippen LogP contribution in [0.15, 0.2) is 201 Å². The van der Waals surface area contributed by atoms with Crippen molar-refractivity contribution in [2.45, 2.75) is 296 Å². The number of benzene rings is 5. The number of carbonyl (C=O) groups is 7. The van der Waals surface area contributed by atoms with Crippen LogP contribution in [0.1, 0.15) is 261 Å². The van der Waals surface area contributed by atoms with Crippen LogP contribution in [-0.2, 0) is 80.6 Å². The number of allylic oxidation sites excluding steroid dienone is 1. The minimum atomic E-state index is -2.75. The molecule has 25 heteroatoms. The summed E-state index contributed by atoms with van der Waals surface area (Å²) in [5.74, 6) is -3.60. The molecule has 3 aliphatic rings. The molecule has 0 fully saturated rings. The zero-order valence-corrected chi connectivity index (χ0v) is 79.2. The van der Waals surface area contributed by atoms with E-state index in [1.165, 1.54) is 124 Å². The second-order valence-corrected chi connectivity index (χ2v) is 37.8. The number of hydrogen-bond donors (Lipinski definition) is 3. The largest absolute Gasteiger partial charge is 0.480 e. The first-order valence-corrected chi connectivity index (χ1v) is 47.4. The Bertz CT molecular complexity index is 4070. The number of carboxylic acid groups (broad SMARTS) is 1. The smallest absolute Gasteiger partial charge is 0.344 e. The van der Waals surface area contributed by atoms with Gasteiger partial charge in [0.1, 0.15) is 5.54 Å². The van der Waals surface area contributed by atoms with Gasteiger partial charge >= 0.3 is 41.8 Å². The second-order valence-electron chi connectivity index (χ2n) is 32.7. The van der Waals surface area contributed by atoms with Crippen LogP contribution in [0.3, 0.4) is 0 Å². The third-order valence-corrected chi connectivity index (χ3v) is 26.4. The van der Waals surface area contributed by atoms with Gasteiger partial charge in [-0.3, -0.25) is 19.2 Å². The fourth-order valence-electron chi connectivity index (χ4n) is 13.5. The molecular weight excluding hydrogens is 1700 g/mol. The number of esters is 6. The normalized spacial score (nSPS) is 18.2. The molecule has 5 aromatic carbocycles. The summed E-state index contributed by atoms with van der Waals surface area (Å²) in [6, 6.07) is 48.2. The molecular formula is C99H141IN4O19Si. The Hall–Kier alpha value is -8.67. The molecule has 8 rings (SSSR count). The number of aliphatic hydroxyl groups excluding tert-OH is 1. The summed E-state index contributed by atoms with van der Waals surface area (Å²) in [5.41, 5.74) is 2.06. The van der Waals surface area contributed by atoms with Crippen molar-refractivity contribution >= 4 is 101 Å². The fraction of sp³-hybridized carbons (Fsp3) is 0.535. The first-order valence-electron chi connectivity index (χ1n) is 44.3. The highest BCUT2D eigenvalue weighted by molar-refractivity contribution is 14.1. The van der Waals surface area contributed by atoms with Crippen molar-refractivity contribution in [1.29, 1.82) is 0 Å². The van der Waals surface area contributed by atoms with Crippen LogP contribution in [0.25, 0.3) is 0 Å². The Kier molecular flexibility index (Phi) is 50.9. The van der Waals surface area contributed by atoms with Crippen molar-refractivity contribution in [3.8, 4) is 0 Å². The van der Waals surface area contributed by atoms with E-state index in [0.29, 0.717) is 29.7 Å². The third-order valence-electron chi connectivity index (χ3n) is 21.0. The van der Waals surface area contributed by atoms with Gasteiger partial charge in [-0.1, -0.05) is 295 Å². The minimum Gasteiger partial charge on any atom is -0.480 e. The van der Waals surface area contributed by atoms with E-state index < -0.39 is 96.7 Å². The minimum absolute atomic E-state index is 0.186. The number of aliphatic carboxylic acids is 1. The van der Waals surface area contributed by atoms with Crippen LogP contribution in [0.2, 0.25) is 5.04 Å². The van der Waals surface area contributed by atoms with E-state index in [2.05, 4.69) is 87.7 Å². The van der Waals surface area contributed by atoms with Crippen LogP contribution in [0.4, 0.5) is 0 Å². The summed E-state index contributed by atoms with van der Waals surface area (Å²) in [5, 5.41) is 20.8. The fourth-order valence-corrected chi connectivity index (χ4v) is 18.3. The molecule has 0 amide bonds. The van der Waals surface area contributed by atoms with Crippen molar-refractivity contribution in [1.82, 2.24) is 0 Å². The monoisotopic (exact) mass is 1840 g/mol. The number of aliphatic imine (C=N–C) groups is 3. The third kappa shape index (κ3) is 36.7. The first kappa shape index (κ1) is 108. The number of hydrogen-bond acceptors (Lipinski definition) is 22. The van der Waals surface area contributed by atoms with Crippen LogP contribution in [0.5, 0.6) is 0 Å². The lowest BCUT2D eigenvalue weighted by Gasteiger charge is -2.42. The van der Waals surface area contributed by atoms with E-state index in [1.807, 2.05) is 150 Å². The average Bonchev–Trinajstić information content (AvgIpc) is 1.27. The molecule has 4 N–H and O–H groups in total. The molecule has 124 heavy (non-hydrogen) atoms. The molecule has 3 aliphatic heterocycles. The van der Waals surface area contributed by atoms with E-state index in [9.17, 15) is 38.7 Å². The Morgan fingerprint density at radius 2 is 0.742 bits per heavy atom. The van der Waals surface area contributed by atoms with E-state index in [1.54, 1.807) is 55.2 Å². The summed E-state index contributed by atoms with van der Waals surface area (Å²) in [6.07, 6.45) is 31.3. The number of carbonyl (C=O) groups excluding carboxylic acids is 6. The Morgan fingerprint density at radius 1 is 0.444 bits per heavy atom. The molecule has 0 saturated heterocycles. The Balaban J connectivity index is 0.000000341. The maximum atomic E-state index is 13.0. The lowest BCUT2D eigenvalue weighted by Crippen LogP contribution is -2.66. The molecule has 682 valence electrons. The van der Waals surface area contributed by atoms with Gasteiger partial charge in [-0.05, 0) is 153 Å². The molecule has 8 atom stereocenters. The first-order chi connectivity index (χ1) is 59.4. The van der Waals surface area contributed by atoms with E-state index in [-0.39, 0.29) is 29.3 Å². The number of nitrogens with two attached hydrogens (primary N) is 1. The quantitative estimate of drug-likeness (QED) is 0.00813. The number of carboxylic acids is 1. The summed E-state index contributed by atoms with van der Waals surface area (Å²) in [4.78, 5) is 97.0. The summed E-state index contributed by atoms with van der Waals surface area (Å²) >= 11 is 1.99. The zero-order valence-electron chi connectivity index (χ0n) is 76.1. The molecule has 0 spiro atoms. The molecule has 23 nitrogen and oxygen atoms in total. The van der Waals surface area contributed by atoms with Gasteiger partial charge in [0, 0.05) is 77.1 Å². The van der Waals surface area contributed by atoms with Crippen molar-refractivity contribution in [3.05, 3.63) is 203 Å². The number of nitrogens with zero attached hydrogens (tertiary/aromatic N) is 3. The van der Waals surface area contributed by atoms with E-state index in [4.69, 9.17) is 57.9 Å². The van der Waals surface area contributed by atoms with Crippen molar-refractivity contribution in [3.63, 3.8) is 0 Å². The Labute approximate surface area is 752 Å². The SMILES string of the molecule is CC(=O)OC(/C=C/CO[Si](c1ccccc1)(c1ccccc1)C(C)(C)C)[C@]1(C)N=C(c2ccccc2)OC1=O.CC(=O)OC(/C=C/I)[C@]1(C)N=C(c2ccccc2)OC1=O.CCCCCCCOCCC/C=C/C(OC(C)=O)[C@]1(C)N=C(c2ccccc2)OC1=O.CCCCCCCOCCCC.CCCCCCCOCCCCCC(O)[C@](C)(N)C(=O)O. The van der Waals surface area contributed by atoms with Gasteiger partial charge in [0.2, 0.25) is 17.7 Å². The summed E-state index contributed by atoms with van der Waals surface area (Å²) in [6.45, 7) is 30.8. The Morgan fingerprint density at radius 3 is 1.06 bits per heavy atom. The maximum Gasteiger partial charge on any atom is 0.344 e. The summed E-state index contributed by atoms with van der Waals surface area (Å²) < 4.78 is 57.6. The topological polar surface area (TPSA) is 315 Å². The molecule has 0 aromatic heterocycles. The van der Waals surface area contributed by atoms with Gasteiger partial charge in [-0.2, -0.15) is 0 Å². The number of halogens is 1. The lowest BCUT2D eigenvalue weighted by atomic mass is 9.92. The van der Waals surface area contributed by atoms with Gasteiger partial charge in [0.05, 0.1) is 12.7 Å². The van der Waals surface area contributed by atoms with Crippen molar-refractivity contribution in [2.75, 3.05) is 46.2 Å². The number of cyclic esters (lactones) is 3. The number of aliphatic hydroxyl groups is 1. The highest BCUT2D eigenvalue weighted by atomic mass is 127. The van der Waals surface area contributed by atoms with Crippen LogP contribution in [0, 0.1) is 0 Å². The maximum absolute atomic E-state index is 13.0. The van der Waals surface area contributed by atoms with Gasteiger partial charge in [0.15, 0.2) is 34.9 Å². The van der Waals surface area contributed by atoms with Gasteiger partial charge < -0.3 is 63.0 Å². The number of unbranched alkanes of at least 4 members (excludes halogenated alkanes) is 16. The number of rotatable bonds is 50. The molecule has 5 aromatic rings. The molecule has 0 saturated carbocycles. The lowest BCUT2D eigenvalue weighted by molar-refractivity contribution is -0.154. The highest BCUT2D eigenvalue weighted by Gasteiger charge is 2.53. The van der Waals surface area contributed by atoms with Crippen molar-refractivity contribution in [2.24, 2.45) is 20.7 Å². The van der Waals surface area contributed by atoms with Crippen molar-refractivity contribution < 1.29 is 90.8 Å². The standard InChI is InChI=1S/C32H35NO5Si.C25H35NO5.C16H33NO4.C15H14INO4.C11H24O/c1-24(34)37-28(32(5)30(35)38-29(33-32)25-16-9-6-10-17-25)22-15-23-36-39(31(2,3)4,26-18-11-7-12-19-26)27-20-13-8-14-21-27;1-4-5-6-7-13-18-29-19-14-9-12-17-22(30-20(2)27)25(3)24(28)31-23(26-25)21-15-10-8-11-16-21;1-3-4-5-6-9-12-21-13-10-7-8-11-14(18)16(2,17)15(19)20;1-10(18)20-12(8-9-16)15(2)14(19)21-13(17-15)11-6-4-3-5-7-11;1-3-5-7-8-9-11-12-10-6-4-2/h6-22,28H,23H2,1-5H3;8,10-12,15-17,22H,4-7,9,13-14,18-19H2,1-3H3;14,18H,3-13,17H2,1-2H3,(H,19,20);3-9,12H,1-2H3;3-11H2,1-2H3/b22-15+;17-12+;;9-8+;/t28?,32-;22?,25-;14?,16-;12?,15-;/m0000./s1. The van der Waals surface area contributed by atoms with Crippen LogP contribution in [-0.4, -0.2) is 171 Å².